The van der Waals surface area contributed by atoms with Crippen molar-refractivity contribution in [2.45, 2.75) is 25.6 Å². The highest BCUT2D eigenvalue weighted by atomic mass is 19.1. The van der Waals surface area contributed by atoms with Crippen LogP contribution in [-0.2, 0) is 9.53 Å². The number of nitrogens with one attached hydrogen (secondary N) is 1. The first-order valence-corrected chi connectivity index (χ1v) is 7.03. The molecule has 0 spiro atoms. The minimum Gasteiger partial charge on any atom is -0.368 e. The largest absolute Gasteiger partial charge is 0.368 e. The summed E-state index contributed by atoms with van der Waals surface area (Å²) in [7, 11) is 0. The molecule has 1 aromatic carbocycles. The van der Waals surface area contributed by atoms with Crippen LogP contribution >= 0.6 is 0 Å². The summed E-state index contributed by atoms with van der Waals surface area (Å²) in [6.45, 7) is 5.97. The van der Waals surface area contributed by atoms with Crippen LogP contribution in [0.4, 0.5) is 10.1 Å². The Hall–Kier alpha value is -1.50. The zero-order chi connectivity index (χ0) is 15.5. The lowest BCUT2D eigenvalue weighted by Crippen LogP contribution is -2.56. The lowest BCUT2D eigenvalue weighted by molar-refractivity contribution is -0.138. The van der Waals surface area contributed by atoms with Crippen LogP contribution in [0.25, 0.3) is 0 Å². The van der Waals surface area contributed by atoms with E-state index in [0.717, 1.165) is 0 Å². The predicted octanol–water partition coefficient (Wildman–Crippen LogP) is 1.20. The first-order chi connectivity index (χ1) is 9.88. The number of carbonyl (C=O) groups excluding carboxylic acids is 1. The third-order valence-corrected chi connectivity index (χ3v) is 3.31. The van der Waals surface area contributed by atoms with Gasteiger partial charge in [-0.1, -0.05) is 0 Å². The van der Waals surface area contributed by atoms with Crippen molar-refractivity contribution >= 4 is 11.6 Å². The average molecular weight is 295 g/mol. The molecule has 5 nitrogen and oxygen atoms in total. The topological polar surface area (TPSA) is 67.6 Å². The predicted molar refractivity (Wildman–Crippen MR) is 79.5 cm³/mol. The number of nitrogens with two attached hydrogens (primary N) is 1. The molecule has 1 saturated heterocycles. The molecule has 116 valence electrons. The van der Waals surface area contributed by atoms with Crippen molar-refractivity contribution in [1.82, 2.24) is 4.90 Å². The first kappa shape index (κ1) is 15.9. The molecule has 6 heteroatoms. The number of halogens is 1. The molecular formula is C15H22FN3O2. The summed E-state index contributed by atoms with van der Waals surface area (Å²) < 4.78 is 18.6. The molecular weight excluding hydrogens is 273 g/mol. The number of rotatable bonds is 4. The average Bonchev–Trinajstić information content (AvgIpc) is 2.39. The fraction of sp³-hybridized carbons (Fsp3) is 0.533. The molecule has 1 aromatic rings. The van der Waals surface area contributed by atoms with Crippen molar-refractivity contribution in [3.63, 3.8) is 0 Å². The van der Waals surface area contributed by atoms with Crippen LogP contribution in [0.3, 0.4) is 0 Å². The van der Waals surface area contributed by atoms with E-state index in [-0.39, 0.29) is 30.0 Å². The van der Waals surface area contributed by atoms with Crippen LogP contribution < -0.4 is 11.1 Å². The van der Waals surface area contributed by atoms with Crippen molar-refractivity contribution in [3.05, 3.63) is 30.1 Å². The normalized spacial score (nSPS) is 22.0. The first-order valence-electron chi connectivity index (χ1n) is 7.03. The summed E-state index contributed by atoms with van der Waals surface area (Å²) in [5.41, 5.74) is 5.93. The van der Waals surface area contributed by atoms with Gasteiger partial charge in [0, 0.05) is 25.3 Å². The summed E-state index contributed by atoms with van der Waals surface area (Å²) in [6, 6.07) is 5.72. The second kappa shape index (κ2) is 6.51. The van der Waals surface area contributed by atoms with Crippen LogP contribution in [0.2, 0.25) is 0 Å². The number of ether oxygens (including phenoxy) is 1. The van der Waals surface area contributed by atoms with E-state index in [0.29, 0.717) is 25.3 Å². The van der Waals surface area contributed by atoms with Crippen LogP contribution in [0.1, 0.15) is 13.8 Å². The van der Waals surface area contributed by atoms with Gasteiger partial charge in [-0.15, -0.1) is 0 Å². The molecule has 1 atom stereocenters. The van der Waals surface area contributed by atoms with E-state index in [4.69, 9.17) is 10.5 Å². The summed E-state index contributed by atoms with van der Waals surface area (Å²) in [4.78, 5) is 14.1. The van der Waals surface area contributed by atoms with Crippen molar-refractivity contribution in [1.29, 1.82) is 0 Å². The van der Waals surface area contributed by atoms with E-state index in [1.54, 1.807) is 12.1 Å². The Balaban J connectivity index is 1.91. The summed E-state index contributed by atoms with van der Waals surface area (Å²) in [5.74, 6) is -0.455. The molecule has 0 aromatic heterocycles. The van der Waals surface area contributed by atoms with Crippen LogP contribution in [0, 0.1) is 5.82 Å². The second-order valence-corrected chi connectivity index (χ2v) is 5.96. The van der Waals surface area contributed by atoms with Gasteiger partial charge in [0.25, 0.3) is 0 Å². The van der Waals surface area contributed by atoms with Gasteiger partial charge >= 0.3 is 0 Å². The maximum Gasteiger partial charge on any atom is 0.238 e. The lowest BCUT2D eigenvalue weighted by atomic mass is 10.1. The molecule has 1 aliphatic rings. The Kier molecular flexibility index (Phi) is 4.92. The van der Waals surface area contributed by atoms with Crippen LogP contribution in [0.5, 0.6) is 0 Å². The monoisotopic (exact) mass is 295 g/mol. The molecule has 1 heterocycles. The van der Waals surface area contributed by atoms with Crippen molar-refractivity contribution < 1.29 is 13.9 Å². The summed E-state index contributed by atoms with van der Waals surface area (Å²) >= 11 is 0. The highest BCUT2D eigenvalue weighted by Crippen LogP contribution is 2.20. The number of hydrogen-bond acceptors (Lipinski definition) is 4. The third kappa shape index (κ3) is 4.77. The van der Waals surface area contributed by atoms with Gasteiger partial charge in [-0.25, -0.2) is 4.39 Å². The van der Waals surface area contributed by atoms with Gasteiger partial charge in [-0.2, -0.15) is 0 Å². The van der Waals surface area contributed by atoms with Gasteiger partial charge < -0.3 is 15.8 Å². The van der Waals surface area contributed by atoms with Crippen molar-refractivity contribution in [2.24, 2.45) is 5.73 Å². The third-order valence-electron chi connectivity index (χ3n) is 3.31. The van der Waals surface area contributed by atoms with E-state index >= 15 is 0 Å². The van der Waals surface area contributed by atoms with Gasteiger partial charge in [0.1, 0.15) is 5.82 Å². The molecule has 3 N–H and O–H groups in total. The van der Waals surface area contributed by atoms with Gasteiger partial charge in [-0.05, 0) is 38.1 Å². The minimum absolute atomic E-state index is 0.0626. The Labute approximate surface area is 124 Å². The van der Waals surface area contributed by atoms with E-state index in [2.05, 4.69) is 5.32 Å². The van der Waals surface area contributed by atoms with E-state index in [1.807, 2.05) is 18.7 Å². The molecule has 1 unspecified atom stereocenters. The van der Waals surface area contributed by atoms with Crippen molar-refractivity contribution in [3.8, 4) is 0 Å². The lowest BCUT2D eigenvalue weighted by Gasteiger charge is -2.42. The highest BCUT2D eigenvalue weighted by Gasteiger charge is 2.33. The van der Waals surface area contributed by atoms with Crippen LogP contribution in [0.15, 0.2) is 24.3 Å². The molecule has 0 aliphatic carbocycles. The van der Waals surface area contributed by atoms with Crippen LogP contribution in [-0.4, -0.2) is 48.7 Å². The maximum atomic E-state index is 12.8. The van der Waals surface area contributed by atoms with Gasteiger partial charge in [-0.3, -0.25) is 9.69 Å². The molecule has 21 heavy (non-hydrogen) atoms. The second-order valence-electron chi connectivity index (χ2n) is 5.96. The van der Waals surface area contributed by atoms with Gasteiger partial charge in [0.15, 0.2) is 0 Å². The molecule has 1 fully saturated rings. The molecule has 0 bridgehead atoms. The smallest absolute Gasteiger partial charge is 0.238 e. The van der Waals surface area contributed by atoms with E-state index in [9.17, 15) is 9.18 Å². The Morgan fingerprint density at radius 1 is 1.48 bits per heavy atom. The van der Waals surface area contributed by atoms with Crippen molar-refractivity contribution in [2.75, 3.05) is 31.5 Å². The quantitative estimate of drug-likeness (QED) is 0.876. The number of amides is 1. The molecule has 0 radical (unpaired) electrons. The number of nitrogens with zero attached hydrogens (tertiary/aromatic N) is 1. The Bertz CT molecular complexity index is 490. The fourth-order valence-electron chi connectivity index (χ4n) is 2.60. The maximum absolute atomic E-state index is 12.8. The number of hydrogen-bond donors (Lipinski definition) is 2. The number of anilines is 1. The fourth-order valence-corrected chi connectivity index (χ4v) is 2.60. The summed E-state index contributed by atoms with van der Waals surface area (Å²) in [6.07, 6.45) is -0.0626. The number of carbonyl (C=O) groups is 1. The van der Waals surface area contributed by atoms with Gasteiger partial charge in [0.05, 0.1) is 18.2 Å². The molecule has 0 saturated carbocycles. The standard InChI is InChI=1S/C15H22FN3O2/c1-15(2)10-19(8-13(7-17)21-15)9-14(20)18-12-5-3-11(16)4-6-12/h3-6,13H,7-10,17H2,1-2H3,(H,18,20). The molecule has 1 amide bonds. The van der Waals surface area contributed by atoms with E-state index in [1.165, 1.54) is 12.1 Å². The molecule has 2 rings (SSSR count). The zero-order valence-electron chi connectivity index (χ0n) is 12.4. The summed E-state index contributed by atoms with van der Waals surface area (Å²) in [5, 5.41) is 2.76. The Morgan fingerprint density at radius 3 is 2.76 bits per heavy atom. The van der Waals surface area contributed by atoms with Gasteiger partial charge in [0.2, 0.25) is 5.91 Å². The minimum atomic E-state index is -0.325. The molecule has 1 aliphatic heterocycles. The van der Waals surface area contributed by atoms with E-state index < -0.39 is 0 Å². The number of benzene rings is 1. The zero-order valence-corrected chi connectivity index (χ0v) is 12.4. The number of morpholine rings is 1. The Morgan fingerprint density at radius 2 is 2.14 bits per heavy atom. The SMILES string of the molecule is CC1(C)CN(CC(=O)Nc2ccc(F)cc2)CC(CN)O1. The highest BCUT2D eigenvalue weighted by molar-refractivity contribution is 5.92.